The third kappa shape index (κ3) is 1.36. The number of aliphatic hydroxyl groups excluding tert-OH is 2. The lowest BCUT2D eigenvalue weighted by Crippen LogP contribution is -2.31. The first-order chi connectivity index (χ1) is 8.83. The molecule has 0 spiro atoms. The Balaban J connectivity index is 2.32. The quantitative estimate of drug-likeness (QED) is 0.864. The molecule has 0 bridgehead atoms. The summed E-state index contributed by atoms with van der Waals surface area (Å²) in [6.07, 6.45) is 0.553. The topological polar surface area (TPSA) is 40.5 Å². The summed E-state index contributed by atoms with van der Waals surface area (Å²) >= 11 is 0. The molecule has 2 aromatic carbocycles. The fourth-order valence-electron chi connectivity index (χ4n) is 3.13. The minimum Gasteiger partial charge on any atom is -0.396 e. The maximum Gasteiger partial charge on any atom is 0.0570 e. The number of hydrogen-bond acceptors (Lipinski definition) is 2. The second-order valence-corrected chi connectivity index (χ2v) is 4.80. The van der Waals surface area contributed by atoms with Crippen molar-refractivity contribution in [3.05, 3.63) is 59.7 Å². The van der Waals surface area contributed by atoms with Gasteiger partial charge in [0.2, 0.25) is 0 Å². The van der Waals surface area contributed by atoms with E-state index in [1.54, 1.807) is 0 Å². The Bertz CT molecular complexity index is 529. The van der Waals surface area contributed by atoms with Crippen LogP contribution < -0.4 is 0 Å². The molecule has 1 aliphatic rings. The number of fused-ring (bicyclic) bond motifs is 3. The number of aliphatic hydroxyl groups is 2. The highest BCUT2D eigenvalue weighted by Crippen LogP contribution is 2.50. The van der Waals surface area contributed by atoms with E-state index in [0.717, 1.165) is 11.1 Å². The number of hydrogen-bond donors (Lipinski definition) is 2. The first-order valence-electron chi connectivity index (χ1n) is 6.24. The monoisotopic (exact) mass is 240 g/mol. The summed E-state index contributed by atoms with van der Waals surface area (Å²) in [6, 6.07) is 16.3. The van der Waals surface area contributed by atoms with E-state index in [1.165, 1.54) is 11.1 Å². The van der Waals surface area contributed by atoms with Crippen LogP contribution in [-0.4, -0.2) is 23.4 Å². The van der Waals surface area contributed by atoms with E-state index < -0.39 is 5.41 Å². The van der Waals surface area contributed by atoms with Crippen LogP contribution in [0.3, 0.4) is 0 Å². The second-order valence-electron chi connectivity index (χ2n) is 4.80. The number of rotatable bonds is 3. The maximum absolute atomic E-state index is 9.93. The van der Waals surface area contributed by atoms with Gasteiger partial charge in [-0.2, -0.15) is 0 Å². The van der Waals surface area contributed by atoms with Gasteiger partial charge in [0.05, 0.1) is 6.61 Å². The van der Waals surface area contributed by atoms with E-state index in [0.29, 0.717) is 6.42 Å². The summed E-state index contributed by atoms with van der Waals surface area (Å²) in [7, 11) is 0. The second kappa shape index (κ2) is 4.23. The zero-order valence-corrected chi connectivity index (χ0v) is 10.1. The van der Waals surface area contributed by atoms with Crippen LogP contribution in [0, 0.1) is 0 Å². The highest BCUT2D eigenvalue weighted by atomic mass is 16.3. The fourth-order valence-corrected chi connectivity index (χ4v) is 3.13. The van der Waals surface area contributed by atoms with Gasteiger partial charge in [0.1, 0.15) is 0 Å². The van der Waals surface area contributed by atoms with Crippen LogP contribution in [0.4, 0.5) is 0 Å². The highest BCUT2D eigenvalue weighted by molar-refractivity contribution is 5.81. The van der Waals surface area contributed by atoms with E-state index in [1.807, 2.05) is 24.3 Å². The molecule has 2 aromatic rings. The molecule has 0 aliphatic heterocycles. The van der Waals surface area contributed by atoms with Crippen molar-refractivity contribution in [3.8, 4) is 11.1 Å². The Morgan fingerprint density at radius 1 is 0.778 bits per heavy atom. The molecular weight excluding hydrogens is 224 g/mol. The summed E-state index contributed by atoms with van der Waals surface area (Å²) in [6.45, 7) is 0.102. The van der Waals surface area contributed by atoms with Crippen LogP contribution >= 0.6 is 0 Å². The zero-order chi connectivity index (χ0) is 12.6. The third-order valence-corrected chi connectivity index (χ3v) is 3.98. The minimum absolute atomic E-state index is 0.0294. The maximum atomic E-state index is 9.93. The van der Waals surface area contributed by atoms with Gasteiger partial charge < -0.3 is 10.2 Å². The lowest BCUT2D eigenvalue weighted by atomic mass is 9.76. The van der Waals surface area contributed by atoms with Gasteiger partial charge in [-0.3, -0.25) is 0 Å². The predicted molar refractivity (Wildman–Crippen MR) is 71.4 cm³/mol. The molecule has 0 fully saturated rings. The van der Waals surface area contributed by atoms with Crippen molar-refractivity contribution >= 4 is 0 Å². The van der Waals surface area contributed by atoms with E-state index >= 15 is 0 Å². The van der Waals surface area contributed by atoms with E-state index in [2.05, 4.69) is 24.3 Å². The summed E-state index contributed by atoms with van der Waals surface area (Å²) in [5.74, 6) is 0. The molecule has 0 saturated carbocycles. The molecule has 0 amide bonds. The predicted octanol–water partition coefficient (Wildman–Crippen LogP) is 2.33. The van der Waals surface area contributed by atoms with Crippen LogP contribution in [-0.2, 0) is 5.41 Å². The lowest BCUT2D eigenvalue weighted by Gasteiger charge is -2.29. The fraction of sp³-hybridized carbons (Fsp3) is 0.250. The van der Waals surface area contributed by atoms with Gasteiger partial charge in [-0.05, 0) is 28.7 Å². The van der Waals surface area contributed by atoms with Gasteiger partial charge in [-0.1, -0.05) is 48.5 Å². The minimum atomic E-state index is -0.443. The van der Waals surface area contributed by atoms with Crippen molar-refractivity contribution in [1.82, 2.24) is 0 Å². The molecule has 0 heterocycles. The van der Waals surface area contributed by atoms with Crippen LogP contribution in [0.1, 0.15) is 17.5 Å². The van der Waals surface area contributed by atoms with Gasteiger partial charge >= 0.3 is 0 Å². The van der Waals surface area contributed by atoms with Crippen LogP contribution in [0.15, 0.2) is 48.5 Å². The Labute approximate surface area is 107 Å². The molecular formula is C16H16O2. The smallest absolute Gasteiger partial charge is 0.0570 e. The average molecular weight is 240 g/mol. The molecule has 0 aromatic heterocycles. The van der Waals surface area contributed by atoms with Gasteiger partial charge in [0.15, 0.2) is 0 Å². The molecule has 18 heavy (non-hydrogen) atoms. The van der Waals surface area contributed by atoms with Crippen molar-refractivity contribution in [2.24, 2.45) is 0 Å². The molecule has 1 aliphatic carbocycles. The van der Waals surface area contributed by atoms with Crippen molar-refractivity contribution < 1.29 is 10.2 Å². The van der Waals surface area contributed by atoms with Crippen molar-refractivity contribution in [1.29, 1.82) is 0 Å². The Morgan fingerprint density at radius 3 is 1.72 bits per heavy atom. The van der Waals surface area contributed by atoms with E-state index in [4.69, 9.17) is 0 Å². The Hall–Kier alpha value is -1.64. The SMILES string of the molecule is OCCC1(CO)c2ccccc2-c2ccccc21. The molecule has 2 N–H and O–H groups in total. The average Bonchev–Trinajstić information content (AvgIpc) is 2.72. The Kier molecular flexibility index (Phi) is 2.69. The van der Waals surface area contributed by atoms with E-state index in [-0.39, 0.29) is 13.2 Å². The summed E-state index contributed by atoms with van der Waals surface area (Å²) in [4.78, 5) is 0. The highest BCUT2D eigenvalue weighted by Gasteiger charge is 2.41. The zero-order valence-electron chi connectivity index (χ0n) is 10.1. The molecule has 92 valence electrons. The van der Waals surface area contributed by atoms with Gasteiger partial charge in [0.25, 0.3) is 0 Å². The largest absolute Gasteiger partial charge is 0.396 e. The molecule has 0 atom stereocenters. The summed E-state index contributed by atoms with van der Waals surface area (Å²) in [5, 5.41) is 19.3. The van der Waals surface area contributed by atoms with Crippen LogP contribution in [0.5, 0.6) is 0 Å². The van der Waals surface area contributed by atoms with Crippen molar-refractivity contribution in [3.63, 3.8) is 0 Å². The van der Waals surface area contributed by atoms with Crippen LogP contribution in [0.25, 0.3) is 11.1 Å². The third-order valence-electron chi connectivity index (χ3n) is 3.98. The molecule has 0 saturated heterocycles. The standard InChI is InChI=1S/C16H16O2/c17-10-9-16(11-18)14-7-3-1-5-12(14)13-6-2-4-8-15(13)16/h1-8,17-18H,9-11H2. The molecule has 2 nitrogen and oxygen atoms in total. The summed E-state index contributed by atoms with van der Waals surface area (Å²) in [5.41, 5.74) is 4.17. The number of benzene rings is 2. The lowest BCUT2D eigenvalue weighted by molar-refractivity contribution is 0.180. The van der Waals surface area contributed by atoms with Crippen LogP contribution in [0.2, 0.25) is 0 Å². The summed E-state index contributed by atoms with van der Waals surface area (Å²) < 4.78 is 0. The molecule has 3 rings (SSSR count). The first-order valence-corrected chi connectivity index (χ1v) is 6.24. The normalized spacial score (nSPS) is 15.2. The molecule has 0 radical (unpaired) electrons. The van der Waals surface area contributed by atoms with Gasteiger partial charge in [-0.25, -0.2) is 0 Å². The van der Waals surface area contributed by atoms with Gasteiger partial charge in [0, 0.05) is 12.0 Å². The van der Waals surface area contributed by atoms with Crippen molar-refractivity contribution in [2.75, 3.05) is 13.2 Å². The Morgan fingerprint density at radius 2 is 1.28 bits per heavy atom. The van der Waals surface area contributed by atoms with Crippen molar-refractivity contribution in [2.45, 2.75) is 11.8 Å². The molecule has 2 heteroatoms. The van der Waals surface area contributed by atoms with Gasteiger partial charge in [-0.15, -0.1) is 0 Å². The van der Waals surface area contributed by atoms with E-state index in [9.17, 15) is 10.2 Å². The first kappa shape index (κ1) is 11.5. The molecule has 0 unspecified atom stereocenters.